The van der Waals surface area contributed by atoms with Crippen molar-refractivity contribution in [1.82, 2.24) is 4.98 Å². The highest BCUT2D eigenvalue weighted by atomic mass is 32.1. The SMILES string of the molecule is CC.N#CCC1CCC(Nc2c([N+](=O)[O-])cnc3ccsc23)CO1. The number of aromatic nitrogens is 1. The molecule has 3 heterocycles. The molecule has 2 unspecified atom stereocenters. The molecule has 0 aliphatic carbocycles. The van der Waals surface area contributed by atoms with Crippen LogP contribution in [-0.4, -0.2) is 28.7 Å². The largest absolute Gasteiger partial charge is 0.375 e. The van der Waals surface area contributed by atoms with E-state index in [4.69, 9.17) is 10.00 Å². The Morgan fingerprint density at radius 3 is 2.96 bits per heavy atom. The first-order chi connectivity index (χ1) is 11.7. The van der Waals surface area contributed by atoms with Gasteiger partial charge in [-0.3, -0.25) is 10.1 Å². The molecular formula is C16H20N4O3S. The molecule has 0 bridgehead atoms. The third-order valence-electron chi connectivity index (χ3n) is 3.69. The van der Waals surface area contributed by atoms with Gasteiger partial charge in [0, 0.05) is 6.04 Å². The molecule has 8 heteroatoms. The third kappa shape index (κ3) is 3.99. The van der Waals surface area contributed by atoms with Gasteiger partial charge in [-0.15, -0.1) is 11.3 Å². The molecule has 1 fully saturated rings. The maximum atomic E-state index is 11.2. The zero-order valence-corrected chi connectivity index (χ0v) is 14.5. The molecule has 1 N–H and O–H groups in total. The third-order valence-corrected chi connectivity index (χ3v) is 4.61. The smallest absolute Gasteiger partial charge is 0.311 e. The summed E-state index contributed by atoms with van der Waals surface area (Å²) in [5.74, 6) is 0. The number of nitrogens with one attached hydrogen (secondary N) is 1. The highest BCUT2D eigenvalue weighted by Gasteiger charge is 2.26. The quantitative estimate of drug-likeness (QED) is 0.659. The molecule has 1 saturated heterocycles. The van der Waals surface area contributed by atoms with Crippen molar-refractivity contribution in [1.29, 1.82) is 5.26 Å². The minimum Gasteiger partial charge on any atom is -0.375 e. The van der Waals surface area contributed by atoms with Crippen molar-refractivity contribution in [2.24, 2.45) is 0 Å². The summed E-state index contributed by atoms with van der Waals surface area (Å²) >= 11 is 1.43. The van der Waals surface area contributed by atoms with Crippen LogP contribution in [0.3, 0.4) is 0 Å². The van der Waals surface area contributed by atoms with E-state index in [1.165, 1.54) is 17.5 Å². The van der Waals surface area contributed by atoms with Gasteiger partial charge in [0.25, 0.3) is 0 Å². The number of hydrogen-bond acceptors (Lipinski definition) is 7. The highest BCUT2D eigenvalue weighted by molar-refractivity contribution is 7.17. The number of nitro groups is 1. The molecule has 0 spiro atoms. The van der Waals surface area contributed by atoms with Gasteiger partial charge < -0.3 is 10.1 Å². The molecule has 2 aromatic heterocycles. The first-order valence-corrected chi connectivity index (χ1v) is 8.82. The fourth-order valence-electron chi connectivity index (χ4n) is 2.57. The number of ether oxygens (including phenoxy) is 1. The number of pyridine rings is 1. The summed E-state index contributed by atoms with van der Waals surface area (Å²) in [6.07, 6.45) is 3.24. The van der Waals surface area contributed by atoms with Crippen molar-refractivity contribution in [2.45, 2.75) is 45.3 Å². The number of hydrogen-bond donors (Lipinski definition) is 1. The van der Waals surface area contributed by atoms with Crippen LogP contribution >= 0.6 is 11.3 Å². The highest BCUT2D eigenvalue weighted by Crippen LogP contribution is 2.36. The number of rotatable bonds is 4. The van der Waals surface area contributed by atoms with Gasteiger partial charge in [0.1, 0.15) is 11.9 Å². The lowest BCUT2D eigenvalue weighted by Gasteiger charge is -2.29. The second kappa shape index (κ2) is 8.57. The lowest BCUT2D eigenvalue weighted by Crippen LogP contribution is -2.34. The molecular weight excluding hydrogens is 328 g/mol. The van der Waals surface area contributed by atoms with Crippen molar-refractivity contribution >= 4 is 32.9 Å². The topological polar surface area (TPSA) is 101 Å². The van der Waals surface area contributed by atoms with Crippen molar-refractivity contribution in [2.75, 3.05) is 11.9 Å². The summed E-state index contributed by atoms with van der Waals surface area (Å²) < 4.78 is 6.42. The van der Waals surface area contributed by atoms with Gasteiger partial charge in [-0.1, -0.05) is 13.8 Å². The Balaban J connectivity index is 0.00000100. The normalized spacial score (nSPS) is 19.9. The number of fused-ring (bicyclic) bond motifs is 1. The van der Waals surface area contributed by atoms with Crippen molar-refractivity contribution in [3.05, 3.63) is 27.8 Å². The average Bonchev–Trinajstić information content (AvgIpc) is 3.08. The van der Waals surface area contributed by atoms with E-state index in [0.717, 1.165) is 23.1 Å². The molecule has 0 amide bonds. The first-order valence-electron chi connectivity index (χ1n) is 7.94. The number of anilines is 1. The van der Waals surface area contributed by atoms with Crippen LogP contribution in [0.4, 0.5) is 11.4 Å². The number of thiophene rings is 1. The molecule has 128 valence electrons. The molecule has 7 nitrogen and oxygen atoms in total. The van der Waals surface area contributed by atoms with Crippen LogP contribution in [0.15, 0.2) is 17.6 Å². The van der Waals surface area contributed by atoms with Gasteiger partial charge in [-0.05, 0) is 24.3 Å². The summed E-state index contributed by atoms with van der Waals surface area (Å²) in [6, 6.07) is 3.95. The zero-order valence-electron chi connectivity index (χ0n) is 13.7. The fourth-order valence-corrected chi connectivity index (χ4v) is 3.42. The van der Waals surface area contributed by atoms with Gasteiger partial charge >= 0.3 is 5.69 Å². The van der Waals surface area contributed by atoms with E-state index in [0.29, 0.717) is 18.7 Å². The Bertz CT molecular complexity index is 732. The Morgan fingerprint density at radius 2 is 2.33 bits per heavy atom. The van der Waals surface area contributed by atoms with Gasteiger partial charge in [-0.25, -0.2) is 4.98 Å². The zero-order chi connectivity index (χ0) is 17.5. The van der Waals surface area contributed by atoms with Crippen LogP contribution in [0.1, 0.15) is 33.1 Å². The maximum absolute atomic E-state index is 11.2. The lowest BCUT2D eigenvalue weighted by molar-refractivity contribution is -0.384. The second-order valence-electron chi connectivity index (χ2n) is 5.15. The van der Waals surface area contributed by atoms with Crippen molar-refractivity contribution < 1.29 is 9.66 Å². The maximum Gasteiger partial charge on any atom is 0.311 e. The molecule has 0 radical (unpaired) electrons. The van der Waals surface area contributed by atoms with Crippen LogP contribution < -0.4 is 5.32 Å². The van der Waals surface area contributed by atoms with Crippen molar-refractivity contribution in [3.63, 3.8) is 0 Å². The predicted molar refractivity (Wildman–Crippen MR) is 94.2 cm³/mol. The Morgan fingerprint density at radius 1 is 1.54 bits per heavy atom. The summed E-state index contributed by atoms with van der Waals surface area (Å²) in [6.45, 7) is 4.44. The van der Waals surface area contributed by atoms with E-state index in [-0.39, 0.29) is 17.8 Å². The Hall–Kier alpha value is -2.24. The lowest BCUT2D eigenvalue weighted by atomic mass is 10.0. The van der Waals surface area contributed by atoms with E-state index in [9.17, 15) is 10.1 Å². The van der Waals surface area contributed by atoms with Crippen LogP contribution in [0, 0.1) is 21.4 Å². The molecule has 2 atom stereocenters. The van der Waals surface area contributed by atoms with Gasteiger partial charge in [0.15, 0.2) is 0 Å². The molecule has 3 rings (SSSR count). The van der Waals surface area contributed by atoms with Crippen molar-refractivity contribution in [3.8, 4) is 6.07 Å². The van der Waals surface area contributed by atoms with Gasteiger partial charge in [-0.2, -0.15) is 5.26 Å². The van der Waals surface area contributed by atoms with Gasteiger partial charge in [0.2, 0.25) is 0 Å². The number of nitriles is 1. The standard InChI is InChI=1S/C14H14N4O3S.C2H6/c15-5-3-10-2-1-9(8-21-10)17-13-12(18(19)20)7-16-11-4-6-22-14(11)13;1-2/h4,6-7,9-10H,1-3,8H2,(H,16,17);1-2H3. The van der Waals surface area contributed by atoms with Crippen LogP contribution in [0.2, 0.25) is 0 Å². The summed E-state index contributed by atoms with van der Waals surface area (Å²) in [7, 11) is 0. The van der Waals surface area contributed by atoms with E-state index >= 15 is 0 Å². The van der Waals surface area contributed by atoms with Crippen LogP contribution in [0.5, 0.6) is 0 Å². The summed E-state index contributed by atoms with van der Waals surface area (Å²) in [5, 5.41) is 25.0. The summed E-state index contributed by atoms with van der Waals surface area (Å²) in [4.78, 5) is 14.9. The monoisotopic (exact) mass is 348 g/mol. The second-order valence-corrected chi connectivity index (χ2v) is 6.06. The number of nitrogens with zero attached hydrogens (tertiary/aromatic N) is 3. The molecule has 0 saturated carbocycles. The molecule has 1 aliphatic heterocycles. The average molecular weight is 348 g/mol. The first kappa shape index (κ1) is 18.1. The molecule has 2 aromatic rings. The predicted octanol–water partition coefficient (Wildman–Crippen LogP) is 4.10. The van der Waals surface area contributed by atoms with E-state index < -0.39 is 4.92 Å². The van der Waals surface area contributed by atoms with Crippen LogP contribution in [0.25, 0.3) is 10.2 Å². The Labute approximate surface area is 144 Å². The van der Waals surface area contributed by atoms with E-state index in [1.807, 2.05) is 25.3 Å². The molecule has 0 aromatic carbocycles. The van der Waals surface area contributed by atoms with E-state index in [1.54, 1.807) is 0 Å². The van der Waals surface area contributed by atoms with Crippen LogP contribution in [-0.2, 0) is 4.74 Å². The van der Waals surface area contributed by atoms with Gasteiger partial charge in [0.05, 0.1) is 40.3 Å². The minimum atomic E-state index is -0.420. The van der Waals surface area contributed by atoms with E-state index in [2.05, 4.69) is 16.4 Å². The molecule has 24 heavy (non-hydrogen) atoms. The molecule has 1 aliphatic rings. The minimum absolute atomic E-state index is 0.00124. The fraction of sp³-hybridized carbons (Fsp3) is 0.500. The Kier molecular flexibility index (Phi) is 6.46. The summed E-state index contributed by atoms with van der Waals surface area (Å²) in [5.41, 5.74) is 1.24.